The predicted molar refractivity (Wildman–Crippen MR) is 130 cm³/mol. The van der Waals surface area contributed by atoms with Crippen molar-refractivity contribution in [3.63, 3.8) is 0 Å². The Morgan fingerprint density at radius 3 is 2.32 bits per heavy atom. The monoisotopic (exact) mass is 480 g/mol. The lowest BCUT2D eigenvalue weighted by Crippen LogP contribution is -2.24. The molecule has 176 valence electrons. The van der Waals surface area contributed by atoms with Gasteiger partial charge in [0.05, 0.1) is 6.61 Å². The molecule has 3 rings (SSSR count). The topological polar surface area (TPSA) is 93.7 Å². The van der Waals surface area contributed by atoms with E-state index < -0.39 is 6.16 Å². The van der Waals surface area contributed by atoms with Crippen molar-refractivity contribution < 1.29 is 23.9 Å². The van der Waals surface area contributed by atoms with Crippen LogP contribution in [0.3, 0.4) is 0 Å². The van der Waals surface area contributed by atoms with Gasteiger partial charge in [0.1, 0.15) is 5.75 Å². The van der Waals surface area contributed by atoms with Gasteiger partial charge < -0.3 is 20.1 Å². The zero-order valence-electron chi connectivity index (χ0n) is 18.7. The van der Waals surface area contributed by atoms with Crippen molar-refractivity contribution in [3.05, 3.63) is 94.5 Å². The molecule has 0 atom stereocenters. The smallest absolute Gasteiger partial charge is 0.434 e. The van der Waals surface area contributed by atoms with Crippen molar-refractivity contribution in [1.82, 2.24) is 5.32 Å². The zero-order valence-corrected chi connectivity index (χ0v) is 19.4. The maximum absolute atomic E-state index is 12.7. The van der Waals surface area contributed by atoms with E-state index in [0.717, 1.165) is 11.1 Å². The number of hydrogen-bond acceptors (Lipinski definition) is 5. The Hall–Kier alpha value is -3.84. The van der Waals surface area contributed by atoms with Crippen molar-refractivity contribution >= 4 is 35.3 Å². The molecule has 7 nitrogen and oxygen atoms in total. The van der Waals surface area contributed by atoms with Crippen molar-refractivity contribution in [1.29, 1.82) is 0 Å². The van der Waals surface area contributed by atoms with Crippen LogP contribution < -0.4 is 15.4 Å². The fraction of sp³-hybridized carbons (Fsp3) is 0.192. The van der Waals surface area contributed by atoms with Crippen LogP contribution in [0.25, 0.3) is 0 Å². The molecule has 0 aromatic heterocycles. The average Bonchev–Trinajstić information content (AvgIpc) is 2.83. The Balaban J connectivity index is 1.54. The third-order valence-corrected chi connectivity index (χ3v) is 5.13. The van der Waals surface area contributed by atoms with Gasteiger partial charge in [0.25, 0.3) is 5.91 Å². The third kappa shape index (κ3) is 7.64. The molecule has 3 aromatic rings. The highest BCUT2D eigenvalue weighted by atomic mass is 35.5. The van der Waals surface area contributed by atoms with Crippen molar-refractivity contribution in [2.45, 2.75) is 26.3 Å². The van der Waals surface area contributed by atoms with Gasteiger partial charge in [-0.15, -0.1) is 0 Å². The molecule has 0 saturated heterocycles. The van der Waals surface area contributed by atoms with Gasteiger partial charge in [-0.1, -0.05) is 41.9 Å². The Morgan fingerprint density at radius 1 is 0.912 bits per heavy atom. The lowest BCUT2D eigenvalue weighted by Gasteiger charge is -2.12. The molecule has 3 aromatic carbocycles. The van der Waals surface area contributed by atoms with Crippen molar-refractivity contribution in [2.75, 3.05) is 11.9 Å². The number of carbonyl (C=O) groups is 3. The van der Waals surface area contributed by atoms with Crippen LogP contribution in [0.5, 0.6) is 5.75 Å². The number of halogens is 1. The minimum absolute atomic E-state index is 0.0896. The first-order chi connectivity index (χ1) is 16.4. The van der Waals surface area contributed by atoms with Crippen molar-refractivity contribution in [2.24, 2.45) is 0 Å². The van der Waals surface area contributed by atoms with E-state index in [4.69, 9.17) is 21.1 Å². The van der Waals surface area contributed by atoms with E-state index in [1.165, 1.54) is 12.1 Å². The van der Waals surface area contributed by atoms with Crippen LogP contribution in [0.4, 0.5) is 10.5 Å². The standard InChI is InChI=1S/C26H25ClN2O5/c1-2-33-26(32)34-22-14-10-19(11-15-22)25(31)29-23-6-4-3-5-20(23)17-28-24(30)16-9-18-7-12-21(27)13-8-18/h3-8,10-15H,2,9,16-17H2,1H3,(H,28,30)(H,29,31). The minimum Gasteiger partial charge on any atom is -0.434 e. The predicted octanol–water partition coefficient (Wildman–Crippen LogP) is 5.38. The third-order valence-electron chi connectivity index (χ3n) is 4.88. The summed E-state index contributed by atoms with van der Waals surface area (Å²) in [4.78, 5) is 36.4. The van der Waals surface area contributed by atoms with Gasteiger partial charge >= 0.3 is 6.16 Å². The van der Waals surface area contributed by atoms with Crippen LogP contribution in [-0.2, 0) is 22.5 Å². The molecule has 0 fully saturated rings. The Morgan fingerprint density at radius 2 is 1.62 bits per heavy atom. The maximum atomic E-state index is 12.7. The SMILES string of the molecule is CCOC(=O)Oc1ccc(C(=O)Nc2ccccc2CNC(=O)CCc2ccc(Cl)cc2)cc1. The second kappa shape index (κ2) is 12.4. The number of benzene rings is 3. The normalized spacial score (nSPS) is 10.3. The molecule has 0 aliphatic rings. The summed E-state index contributed by atoms with van der Waals surface area (Å²) >= 11 is 5.89. The molecule has 0 unspecified atom stereocenters. The van der Waals surface area contributed by atoms with Crippen LogP contribution in [0.1, 0.15) is 34.8 Å². The van der Waals surface area contributed by atoms with Gasteiger partial charge in [-0.3, -0.25) is 9.59 Å². The molecule has 0 spiro atoms. The second-order valence-electron chi connectivity index (χ2n) is 7.32. The lowest BCUT2D eigenvalue weighted by atomic mass is 10.1. The zero-order chi connectivity index (χ0) is 24.3. The highest BCUT2D eigenvalue weighted by Crippen LogP contribution is 2.18. The molecule has 34 heavy (non-hydrogen) atoms. The van der Waals surface area contributed by atoms with E-state index in [1.807, 2.05) is 24.3 Å². The summed E-state index contributed by atoms with van der Waals surface area (Å²) in [6.45, 7) is 2.17. The van der Waals surface area contributed by atoms with Gasteiger partial charge in [0.2, 0.25) is 5.91 Å². The van der Waals surface area contributed by atoms with Gasteiger partial charge in [0, 0.05) is 29.2 Å². The van der Waals surface area contributed by atoms with Gasteiger partial charge in [-0.2, -0.15) is 0 Å². The van der Waals surface area contributed by atoms with Crippen LogP contribution in [0.15, 0.2) is 72.8 Å². The Kier molecular flexibility index (Phi) is 9.05. The summed E-state index contributed by atoms with van der Waals surface area (Å²) < 4.78 is 9.72. The number of rotatable bonds is 9. The summed E-state index contributed by atoms with van der Waals surface area (Å²) in [5, 5.41) is 6.41. The number of nitrogens with one attached hydrogen (secondary N) is 2. The lowest BCUT2D eigenvalue weighted by molar-refractivity contribution is -0.121. The molecule has 8 heteroatoms. The molecular weight excluding hydrogens is 456 g/mol. The average molecular weight is 481 g/mol. The quantitative estimate of drug-likeness (QED) is 0.317. The molecule has 0 saturated carbocycles. The second-order valence-corrected chi connectivity index (χ2v) is 7.76. The minimum atomic E-state index is -0.802. The molecule has 0 radical (unpaired) electrons. The van der Waals surface area contributed by atoms with E-state index in [-0.39, 0.29) is 30.7 Å². The number of ether oxygens (including phenoxy) is 2. The number of para-hydroxylation sites is 1. The number of anilines is 1. The summed E-state index contributed by atoms with van der Waals surface area (Å²) in [5.74, 6) is -0.144. The Labute approximate surface area is 203 Å². The molecule has 0 aliphatic heterocycles. The van der Waals surface area contributed by atoms with E-state index >= 15 is 0 Å². The van der Waals surface area contributed by atoms with Crippen molar-refractivity contribution in [3.8, 4) is 5.75 Å². The molecule has 2 amide bonds. The summed E-state index contributed by atoms with van der Waals surface area (Å²) in [6.07, 6.45) is 0.150. The molecule has 0 aliphatic carbocycles. The fourth-order valence-electron chi connectivity index (χ4n) is 3.10. The Bertz CT molecular complexity index is 1130. The number of aryl methyl sites for hydroxylation is 1. The first-order valence-electron chi connectivity index (χ1n) is 10.8. The first kappa shape index (κ1) is 24.8. The van der Waals surface area contributed by atoms with E-state index in [9.17, 15) is 14.4 Å². The highest BCUT2D eigenvalue weighted by molar-refractivity contribution is 6.30. The van der Waals surface area contributed by atoms with E-state index in [2.05, 4.69) is 10.6 Å². The summed E-state index contributed by atoms with van der Waals surface area (Å²) in [6, 6.07) is 20.8. The molecule has 2 N–H and O–H groups in total. The van der Waals surface area contributed by atoms with Crippen LogP contribution in [0.2, 0.25) is 5.02 Å². The number of hydrogen-bond donors (Lipinski definition) is 2. The molecule has 0 bridgehead atoms. The number of carbonyl (C=O) groups excluding carboxylic acids is 3. The van der Waals surface area contributed by atoms with Gasteiger partial charge in [-0.25, -0.2) is 4.79 Å². The van der Waals surface area contributed by atoms with Crippen LogP contribution in [-0.4, -0.2) is 24.6 Å². The molecular formula is C26H25ClN2O5. The van der Waals surface area contributed by atoms with E-state index in [1.54, 1.807) is 43.3 Å². The fourth-order valence-corrected chi connectivity index (χ4v) is 3.23. The molecule has 0 heterocycles. The summed E-state index contributed by atoms with van der Waals surface area (Å²) in [5.41, 5.74) is 2.79. The van der Waals surface area contributed by atoms with Crippen LogP contribution in [0, 0.1) is 0 Å². The van der Waals surface area contributed by atoms with Crippen LogP contribution >= 0.6 is 11.6 Å². The van der Waals surface area contributed by atoms with Gasteiger partial charge in [-0.05, 0) is 66.9 Å². The first-order valence-corrected chi connectivity index (χ1v) is 11.2. The number of amides is 2. The maximum Gasteiger partial charge on any atom is 0.513 e. The largest absolute Gasteiger partial charge is 0.513 e. The summed E-state index contributed by atoms with van der Waals surface area (Å²) in [7, 11) is 0. The van der Waals surface area contributed by atoms with E-state index in [0.29, 0.717) is 29.1 Å². The highest BCUT2D eigenvalue weighted by Gasteiger charge is 2.11. The van der Waals surface area contributed by atoms with Gasteiger partial charge in [0.15, 0.2) is 0 Å².